The summed E-state index contributed by atoms with van der Waals surface area (Å²) in [5.74, 6) is -0.218. The van der Waals surface area contributed by atoms with E-state index in [1.165, 1.54) is 12.5 Å². The molecule has 0 radical (unpaired) electrons. The number of aliphatic hydroxyl groups excluding tert-OH is 13. The monoisotopic (exact) mass is 1060 g/mol. The lowest BCUT2D eigenvalue weighted by Crippen LogP contribution is -2.66. The molecule has 23 nitrogen and oxygen atoms in total. The van der Waals surface area contributed by atoms with Gasteiger partial charge < -0.3 is 114 Å². The molecule has 9 aliphatic rings. The van der Waals surface area contributed by atoms with Gasteiger partial charge in [-0.25, -0.2) is 0 Å². The Hall–Kier alpha value is -1.18. The van der Waals surface area contributed by atoms with Crippen molar-refractivity contribution < 1.29 is 114 Å². The van der Waals surface area contributed by atoms with Gasteiger partial charge in [0.1, 0.15) is 91.6 Å². The molecule has 9 rings (SSSR count). The highest BCUT2D eigenvalue weighted by Crippen LogP contribution is 2.70. The number of hydrogen-bond acceptors (Lipinski definition) is 23. The molecule has 426 valence electrons. The minimum atomic E-state index is -1.84. The van der Waals surface area contributed by atoms with E-state index in [0.717, 1.165) is 32.1 Å². The standard InChI is InChI=1S/C51H84O23/c1-20(19-66-45-40(62)36(58)33(55)29(16-52)69-45)8-13-51(65)21(2)32-28(74-51)15-27-25-7-6-23-14-24(9-11-49(23,4)26(25)10-12-50(27,32)5)68-48-44(38(60)35(57)31(18-54)71-48)73-46-42(64)39(61)43(22(3)67-46)72-47-41(63)37(59)34(56)30(17-53)70-47/h6,20-22,24-48,52-65H,7-19H2,1-5H3/t20?,21-,22+,24-,25+,26-,27-,28-,29+,30+,31+,32-,33+,34+,35+,36-,37-,38-,39+,40+,41+,42-,43+,44+,45+,46-,47?,48+,49-,50-,51?/m0/s1. The molecule has 0 aromatic heterocycles. The quantitative estimate of drug-likeness (QED) is 0.0727. The van der Waals surface area contributed by atoms with Gasteiger partial charge in [-0.1, -0.05) is 39.3 Å². The molecule has 0 amide bonds. The average Bonchev–Trinajstić information content (AvgIpc) is 3.82. The van der Waals surface area contributed by atoms with E-state index in [9.17, 15) is 71.5 Å². The fourth-order valence-electron chi connectivity index (χ4n) is 15.0. The minimum absolute atomic E-state index is 0.0563. The summed E-state index contributed by atoms with van der Waals surface area (Å²) in [5, 5.41) is 148. The number of rotatable bonds is 15. The third kappa shape index (κ3) is 10.2. The molecule has 4 aliphatic carbocycles. The van der Waals surface area contributed by atoms with Crippen molar-refractivity contribution in [2.45, 2.75) is 233 Å². The number of aliphatic hydroxyl groups is 14. The largest absolute Gasteiger partial charge is 0.394 e. The van der Waals surface area contributed by atoms with E-state index in [-0.39, 0.29) is 41.3 Å². The van der Waals surface area contributed by atoms with Crippen molar-refractivity contribution in [2.75, 3.05) is 26.4 Å². The lowest BCUT2D eigenvalue weighted by Gasteiger charge is -2.58. The van der Waals surface area contributed by atoms with Crippen molar-refractivity contribution in [3.63, 3.8) is 0 Å². The number of allylic oxidation sites excluding steroid dienone is 1. The summed E-state index contributed by atoms with van der Waals surface area (Å²) < 4.78 is 53.9. The molecule has 3 unspecified atom stereocenters. The molecule has 0 aromatic carbocycles. The molecule has 3 saturated carbocycles. The Morgan fingerprint density at radius 2 is 1.19 bits per heavy atom. The maximum absolute atomic E-state index is 12.1. The molecule has 23 heteroatoms. The molecule has 5 heterocycles. The van der Waals surface area contributed by atoms with E-state index in [2.05, 4.69) is 26.8 Å². The summed E-state index contributed by atoms with van der Waals surface area (Å²) >= 11 is 0. The second-order valence-corrected chi connectivity index (χ2v) is 23.8. The maximum Gasteiger partial charge on any atom is 0.187 e. The second kappa shape index (κ2) is 22.4. The Morgan fingerprint density at radius 1 is 0.635 bits per heavy atom. The van der Waals surface area contributed by atoms with Gasteiger partial charge in [0.2, 0.25) is 0 Å². The first-order chi connectivity index (χ1) is 35.0. The number of fused-ring (bicyclic) bond motifs is 7. The Kier molecular flexibility index (Phi) is 17.4. The molecule has 5 saturated heterocycles. The Bertz CT molecular complexity index is 1920. The van der Waals surface area contributed by atoms with E-state index in [0.29, 0.717) is 43.4 Å². The van der Waals surface area contributed by atoms with E-state index in [4.69, 9.17) is 42.6 Å². The summed E-state index contributed by atoms with van der Waals surface area (Å²) in [6, 6.07) is 0. The van der Waals surface area contributed by atoms with Gasteiger partial charge in [0.15, 0.2) is 30.9 Å². The van der Waals surface area contributed by atoms with Crippen LogP contribution in [-0.4, -0.2) is 239 Å². The van der Waals surface area contributed by atoms with E-state index in [1.807, 2.05) is 6.92 Å². The zero-order valence-electron chi connectivity index (χ0n) is 42.9. The summed E-state index contributed by atoms with van der Waals surface area (Å²) in [4.78, 5) is 0. The molecule has 0 spiro atoms. The van der Waals surface area contributed by atoms with Gasteiger partial charge in [-0.3, -0.25) is 0 Å². The molecule has 8 fully saturated rings. The summed E-state index contributed by atoms with van der Waals surface area (Å²) in [6.45, 7) is 8.51. The zero-order valence-corrected chi connectivity index (χ0v) is 42.9. The van der Waals surface area contributed by atoms with Crippen LogP contribution < -0.4 is 0 Å². The topological polar surface area (TPSA) is 366 Å². The van der Waals surface area contributed by atoms with Crippen LogP contribution in [0.3, 0.4) is 0 Å². The van der Waals surface area contributed by atoms with Crippen LogP contribution >= 0.6 is 0 Å². The molecule has 74 heavy (non-hydrogen) atoms. The highest BCUT2D eigenvalue weighted by Gasteiger charge is 2.68. The zero-order chi connectivity index (χ0) is 53.5. The van der Waals surface area contributed by atoms with Crippen LogP contribution in [-0.2, 0) is 42.6 Å². The van der Waals surface area contributed by atoms with Gasteiger partial charge in [0, 0.05) is 12.3 Å². The second-order valence-electron chi connectivity index (χ2n) is 23.8. The van der Waals surface area contributed by atoms with Gasteiger partial charge in [0.05, 0.1) is 44.7 Å². The van der Waals surface area contributed by atoms with Gasteiger partial charge in [-0.2, -0.15) is 0 Å². The smallest absolute Gasteiger partial charge is 0.187 e. The molecule has 5 aliphatic heterocycles. The minimum Gasteiger partial charge on any atom is -0.394 e. The van der Waals surface area contributed by atoms with Gasteiger partial charge >= 0.3 is 0 Å². The molecule has 0 bridgehead atoms. The Balaban J connectivity index is 0.809. The van der Waals surface area contributed by atoms with E-state index in [1.54, 1.807) is 0 Å². The normalized spacial score (nSPS) is 54.9. The van der Waals surface area contributed by atoms with Gasteiger partial charge in [-0.05, 0) is 98.7 Å². The number of hydrogen-bond donors (Lipinski definition) is 14. The number of ether oxygens (including phenoxy) is 9. The van der Waals surface area contributed by atoms with Gasteiger partial charge in [-0.15, -0.1) is 0 Å². The molecular weight excluding hydrogens is 981 g/mol. The van der Waals surface area contributed by atoms with Crippen LogP contribution in [0.2, 0.25) is 0 Å². The Morgan fingerprint density at radius 3 is 1.84 bits per heavy atom. The van der Waals surface area contributed by atoms with Crippen molar-refractivity contribution in [1.29, 1.82) is 0 Å². The predicted molar refractivity (Wildman–Crippen MR) is 250 cm³/mol. The SMILES string of the molecule is CC(CCC1(O)O[C@H]2C[C@H]3[C@@H]4CC=C5C[C@@H](O[C@@H]6O[C@H](CO)[C@@H](O)[C@H](O)[C@H]6O[C@@H]6O[C@H](C)[C@@H](OC7O[C@H](CO)[C@@H](O)[C@H](O)[C@H]7O)[C@H](O)[C@@H]6O)CC[C@]5(C)[C@H]4CC[C@]3(C)[C@H]2[C@@H]1C)CO[C@@H]1O[C@H](CO)[C@@H](O)[C@H](O)[C@H]1O. The molecule has 31 atom stereocenters. The first-order valence-electron chi connectivity index (χ1n) is 26.9. The van der Waals surface area contributed by atoms with Crippen molar-refractivity contribution in [1.82, 2.24) is 0 Å². The lowest BCUT2D eigenvalue weighted by molar-refractivity contribution is -0.384. The lowest BCUT2D eigenvalue weighted by atomic mass is 9.47. The van der Waals surface area contributed by atoms with Crippen LogP contribution in [0.4, 0.5) is 0 Å². The van der Waals surface area contributed by atoms with Crippen LogP contribution in [0.5, 0.6) is 0 Å². The summed E-state index contributed by atoms with van der Waals surface area (Å²) in [5.41, 5.74) is 1.08. The van der Waals surface area contributed by atoms with Crippen LogP contribution in [0.25, 0.3) is 0 Å². The molecular formula is C51H84O23. The van der Waals surface area contributed by atoms with Crippen molar-refractivity contribution in [2.24, 2.45) is 46.3 Å². The highest BCUT2D eigenvalue weighted by molar-refractivity contribution is 5.26. The van der Waals surface area contributed by atoms with Crippen molar-refractivity contribution >= 4 is 0 Å². The highest BCUT2D eigenvalue weighted by atomic mass is 16.8. The molecule has 14 N–H and O–H groups in total. The van der Waals surface area contributed by atoms with E-state index < -0.39 is 155 Å². The predicted octanol–water partition coefficient (Wildman–Crippen LogP) is -3.01. The van der Waals surface area contributed by atoms with Gasteiger partial charge in [0.25, 0.3) is 0 Å². The summed E-state index contributed by atoms with van der Waals surface area (Å²) in [7, 11) is 0. The third-order valence-corrected chi connectivity index (χ3v) is 19.5. The molecule has 0 aromatic rings. The van der Waals surface area contributed by atoms with Crippen molar-refractivity contribution in [3.8, 4) is 0 Å². The fourth-order valence-corrected chi connectivity index (χ4v) is 15.0. The first-order valence-corrected chi connectivity index (χ1v) is 26.9. The fraction of sp³-hybridized carbons (Fsp3) is 0.961. The third-order valence-electron chi connectivity index (χ3n) is 19.5. The average molecular weight is 1070 g/mol. The van der Waals surface area contributed by atoms with Crippen LogP contribution in [0.15, 0.2) is 11.6 Å². The van der Waals surface area contributed by atoms with Crippen LogP contribution in [0, 0.1) is 46.3 Å². The maximum atomic E-state index is 12.1. The first kappa shape index (κ1) is 57.5. The summed E-state index contributed by atoms with van der Waals surface area (Å²) in [6.07, 6.45) is -21.5. The Labute approximate surface area is 430 Å². The van der Waals surface area contributed by atoms with Crippen LogP contribution in [0.1, 0.15) is 92.4 Å². The van der Waals surface area contributed by atoms with E-state index >= 15 is 0 Å². The van der Waals surface area contributed by atoms with Crippen molar-refractivity contribution in [3.05, 3.63) is 11.6 Å².